The van der Waals surface area contributed by atoms with E-state index in [1.807, 2.05) is 0 Å². The third-order valence-electron chi connectivity index (χ3n) is 2.88. The number of ether oxygens (including phenoxy) is 3. The van der Waals surface area contributed by atoms with Crippen LogP contribution in [-0.4, -0.2) is 62.3 Å². The molecule has 1 aliphatic rings. The maximum atomic E-state index is 11.9. The molecule has 1 heterocycles. The van der Waals surface area contributed by atoms with E-state index in [0.29, 0.717) is 13.2 Å². The summed E-state index contributed by atoms with van der Waals surface area (Å²) >= 11 is 0.952. The number of aliphatic hydroxyl groups is 1. The van der Waals surface area contributed by atoms with E-state index in [9.17, 15) is 14.4 Å². The van der Waals surface area contributed by atoms with Crippen LogP contribution in [-0.2, 0) is 14.2 Å². The Balaban J connectivity index is 1.74. The first kappa shape index (κ1) is 17.5. The molecule has 0 saturated carbocycles. The van der Waals surface area contributed by atoms with Gasteiger partial charge in [0.2, 0.25) is 0 Å². The van der Waals surface area contributed by atoms with Gasteiger partial charge in [-0.3, -0.25) is 9.59 Å². The number of ketones is 2. The Morgan fingerprint density at radius 3 is 2.35 bits per heavy atom. The molecule has 0 unspecified atom stereocenters. The van der Waals surface area contributed by atoms with Gasteiger partial charge in [-0.2, -0.15) is 0 Å². The van der Waals surface area contributed by atoms with E-state index in [1.165, 1.54) is 18.2 Å². The molecule has 124 valence electrons. The molecule has 0 fully saturated rings. The van der Waals surface area contributed by atoms with Gasteiger partial charge in [-0.25, -0.2) is 4.79 Å². The molecule has 0 aliphatic heterocycles. The zero-order valence-electron chi connectivity index (χ0n) is 12.3. The molecular weight excluding hydrogens is 324 g/mol. The van der Waals surface area contributed by atoms with E-state index >= 15 is 0 Å². The van der Waals surface area contributed by atoms with E-state index in [1.54, 1.807) is 0 Å². The van der Waals surface area contributed by atoms with Gasteiger partial charge >= 0.3 is 5.97 Å². The molecule has 0 amide bonds. The van der Waals surface area contributed by atoms with Crippen molar-refractivity contribution < 1.29 is 33.7 Å². The number of carbonyl (C=O) groups is 3. The molecule has 1 aromatic rings. The fourth-order valence-electron chi connectivity index (χ4n) is 1.83. The first-order chi connectivity index (χ1) is 11.1. The molecule has 7 nitrogen and oxygen atoms in total. The van der Waals surface area contributed by atoms with Gasteiger partial charge in [0.15, 0.2) is 11.6 Å². The summed E-state index contributed by atoms with van der Waals surface area (Å²) < 4.78 is 15.2. The maximum absolute atomic E-state index is 11.9. The number of esters is 1. The van der Waals surface area contributed by atoms with Crippen LogP contribution < -0.4 is 0 Å². The van der Waals surface area contributed by atoms with Crippen LogP contribution in [0, 0.1) is 0 Å². The smallest absolute Gasteiger partial charge is 0.348 e. The fourth-order valence-corrected chi connectivity index (χ4v) is 2.80. The summed E-state index contributed by atoms with van der Waals surface area (Å²) in [7, 11) is 0. The van der Waals surface area contributed by atoms with Crippen molar-refractivity contribution in [1.29, 1.82) is 0 Å². The van der Waals surface area contributed by atoms with Gasteiger partial charge in [0.25, 0.3) is 0 Å². The number of aliphatic hydroxyl groups excluding tert-OH is 1. The predicted molar refractivity (Wildman–Crippen MR) is 81.1 cm³/mol. The van der Waals surface area contributed by atoms with E-state index in [-0.39, 0.29) is 53.3 Å². The monoisotopic (exact) mass is 340 g/mol. The molecule has 0 aromatic carbocycles. The van der Waals surface area contributed by atoms with Crippen LogP contribution in [0.3, 0.4) is 0 Å². The lowest BCUT2D eigenvalue weighted by Gasteiger charge is -2.05. The highest BCUT2D eigenvalue weighted by molar-refractivity contribution is 7.16. The van der Waals surface area contributed by atoms with Gasteiger partial charge in [0.05, 0.1) is 37.9 Å². The third-order valence-corrected chi connectivity index (χ3v) is 4.01. The second kappa shape index (κ2) is 8.68. The Hall–Kier alpha value is -1.87. The molecule has 1 aromatic heterocycles. The summed E-state index contributed by atoms with van der Waals surface area (Å²) in [4.78, 5) is 35.7. The minimum atomic E-state index is -0.592. The number of hydrogen-bond acceptors (Lipinski definition) is 8. The number of allylic oxidation sites excluding steroid dienone is 2. The number of carbonyl (C=O) groups excluding carboxylic acids is 3. The molecule has 23 heavy (non-hydrogen) atoms. The van der Waals surface area contributed by atoms with Crippen molar-refractivity contribution in [2.45, 2.75) is 0 Å². The van der Waals surface area contributed by atoms with E-state index in [0.717, 1.165) is 11.3 Å². The number of rotatable bonds is 9. The highest BCUT2D eigenvalue weighted by atomic mass is 32.1. The van der Waals surface area contributed by atoms with E-state index in [2.05, 4.69) is 0 Å². The van der Waals surface area contributed by atoms with Crippen molar-refractivity contribution in [2.75, 3.05) is 39.6 Å². The van der Waals surface area contributed by atoms with Gasteiger partial charge in [0.1, 0.15) is 11.5 Å². The molecule has 0 spiro atoms. The van der Waals surface area contributed by atoms with Gasteiger partial charge in [-0.15, -0.1) is 11.3 Å². The Kier molecular flexibility index (Phi) is 6.60. The minimum Gasteiger partial charge on any atom is -0.459 e. The first-order valence-electron chi connectivity index (χ1n) is 6.97. The second-order valence-corrected chi connectivity index (χ2v) is 5.55. The molecule has 0 atom stereocenters. The largest absolute Gasteiger partial charge is 0.459 e. The van der Waals surface area contributed by atoms with Gasteiger partial charge in [-0.05, 0) is 18.2 Å². The van der Waals surface area contributed by atoms with E-state index in [4.69, 9.17) is 19.3 Å². The SMILES string of the molecule is O=C(OCCOCCOCCO)c1cc2c(s1)C(=O)C=CC2=O. The highest BCUT2D eigenvalue weighted by Gasteiger charge is 2.25. The zero-order valence-corrected chi connectivity index (χ0v) is 13.1. The lowest BCUT2D eigenvalue weighted by Crippen LogP contribution is -2.13. The lowest BCUT2D eigenvalue weighted by atomic mass is 10.0. The van der Waals surface area contributed by atoms with Crippen LogP contribution in [0.1, 0.15) is 29.7 Å². The van der Waals surface area contributed by atoms with Crippen LogP contribution in [0.25, 0.3) is 0 Å². The molecule has 1 aliphatic carbocycles. The van der Waals surface area contributed by atoms with Crippen molar-refractivity contribution >= 4 is 28.9 Å². The Labute approximate surface area is 136 Å². The number of thiophene rings is 1. The van der Waals surface area contributed by atoms with Crippen LogP contribution in [0.15, 0.2) is 18.2 Å². The van der Waals surface area contributed by atoms with Crippen molar-refractivity contribution in [3.63, 3.8) is 0 Å². The topological polar surface area (TPSA) is 99.1 Å². The maximum Gasteiger partial charge on any atom is 0.348 e. The average molecular weight is 340 g/mol. The molecule has 0 saturated heterocycles. The second-order valence-electron chi connectivity index (χ2n) is 4.50. The molecular formula is C15H16O7S. The van der Waals surface area contributed by atoms with Crippen molar-refractivity contribution in [1.82, 2.24) is 0 Å². The minimum absolute atomic E-state index is 0.0388. The van der Waals surface area contributed by atoms with Crippen LogP contribution in [0.2, 0.25) is 0 Å². The summed E-state index contributed by atoms with van der Waals surface area (Å²) in [6.07, 6.45) is 2.39. The fraction of sp³-hybridized carbons (Fsp3) is 0.400. The predicted octanol–water partition coefficient (Wildman–Crippen LogP) is 0.866. The normalized spacial score (nSPS) is 13.3. The zero-order chi connectivity index (χ0) is 16.7. The summed E-state index contributed by atoms with van der Waals surface area (Å²) in [6, 6.07) is 1.38. The molecule has 1 N–H and O–H groups in total. The van der Waals surface area contributed by atoms with Crippen molar-refractivity contribution in [3.8, 4) is 0 Å². The average Bonchev–Trinajstić information content (AvgIpc) is 3.00. The Morgan fingerprint density at radius 2 is 1.65 bits per heavy atom. The quantitative estimate of drug-likeness (QED) is 0.526. The number of hydrogen-bond donors (Lipinski definition) is 1. The lowest BCUT2D eigenvalue weighted by molar-refractivity contribution is 0.00941. The molecule has 0 bridgehead atoms. The van der Waals surface area contributed by atoms with Crippen LogP contribution in [0.5, 0.6) is 0 Å². The summed E-state index contributed by atoms with van der Waals surface area (Å²) in [5.74, 6) is -1.17. The van der Waals surface area contributed by atoms with Crippen LogP contribution >= 0.6 is 11.3 Å². The molecule has 0 radical (unpaired) electrons. The standard InChI is InChI=1S/C15H16O7S/c16-3-4-20-5-6-21-7-8-22-15(19)13-9-10-11(17)1-2-12(18)14(10)23-13/h1-2,9,16H,3-8H2. The summed E-state index contributed by atoms with van der Waals surface area (Å²) in [5.41, 5.74) is 0.242. The Morgan fingerprint density at radius 1 is 1.00 bits per heavy atom. The van der Waals surface area contributed by atoms with Crippen LogP contribution in [0.4, 0.5) is 0 Å². The van der Waals surface area contributed by atoms with Crippen molar-refractivity contribution in [3.05, 3.63) is 33.5 Å². The van der Waals surface area contributed by atoms with Crippen molar-refractivity contribution in [2.24, 2.45) is 0 Å². The third kappa shape index (κ3) is 4.80. The first-order valence-corrected chi connectivity index (χ1v) is 7.79. The van der Waals surface area contributed by atoms with Gasteiger partial charge in [-0.1, -0.05) is 0 Å². The highest BCUT2D eigenvalue weighted by Crippen LogP contribution is 2.27. The molecule has 2 rings (SSSR count). The Bertz CT molecular complexity index is 582. The van der Waals surface area contributed by atoms with Gasteiger partial charge < -0.3 is 19.3 Å². The van der Waals surface area contributed by atoms with E-state index < -0.39 is 5.97 Å². The van der Waals surface area contributed by atoms with Gasteiger partial charge in [0, 0.05) is 5.56 Å². The summed E-state index contributed by atoms with van der Waals surface area (Å²) in [5, 5.41) is 8.50. The number of fused-ring (bicyclic) bond motifs is 1. The molecule has 8 heteroatoms. The summed E-state index contributed by atoms with van der Waals surface area (Å²) in [6.45, 7) is 1.17.